The number of halogens is 6. The van der Waals surface area contributed by atoms with E-state index in [9.17, 15) is 36.9 Å². The molecule has 0 bridgehead atoms. The number of thiophene rings is 2. The van der Waals surface area contributed by atoms with Gasteiger partial charge < -0.3 is 9.13 Å². The molecule has 13 aromatic rings. The van der Waals surface area contributed by atoms with Gasteiger partial charge in [0, 0.05) is 73.0 Å². The summed E-state index contributed by atoms with van der Waals surface area (Å²) in [6.07, 6.45) is -9.54. The smallest absolute Gasteiger partial charge is 0.306 e. The van der Waals surface area contributed by atoms with Gasteiger partial charge in [-0.3, -0.25) is 0 Å². The van der Waals surface area contributed by atoms with E-state index in [1.54, 1.807) is 80.3 Å². The van der Waals surface area contributed by atoms with Crippen LogP contribution in [0.2, 0.25) is 0 Å². The van der Waals surface area contributed by atoms with Crippen LogP contribution in [0.1, 0.15) is 22.3 Å². The van der Waals surface area contributed by atoms with E-state index in [1.165, 1.54) is 12.1 Å². The van der Waals surface area contributed by atoms with Crippen molar-refractivity contribution < 1.29 is 26.3 Å². The summed E-state index contributed by atoms with van der Waals surface area (Å²) in [7, 11) is 0. The number of para-hydroxylation sites is 2. The minimum absolute atomic E-state index is 0.00358. The molecule has 0 spiro atoms. The fraction of sp³-hybridized carbons (Fsp3) is 0.0345. The summed E-state index contributed by atoms with van der Waals surface area (Å²) in [4.78, 5) is 0. The van der Waals surface area contributed by atoms with Crippen molar-refractivity contribution in [2.75, 3.05) is 0 Å². The zero-order valence-electron chi connectivity index (χ0n) is 36.0. The Kier molecular flexibility index (Phi) is 8.97. The van der Waals surface area contributed by atoms with Crippen molar-refractivity contribution in [2.24, 2.45) is 0 Å². The molecule has 334 valence electrons. The van der Waals surface area contributed by atoms with Gasteiger partial charge in [0.15, 0.2) is 0 Å². The molecule has 12 heteroatoms. The van der Waals surface area contributed by atoms with Crippen molar-refractivity contribution in [3.05, 3.63) is 192 Å². The van der Waals surface area contributed by atoms with Gasteiger partial charge in [0.25, 0.3) is 0 Å². The minimum Gasteiger partial charge on any atom is -0.306 e. The van der Waals surface area contributed by atoms with Gasteiger partial charge in [-0.15, -0.1) is 22.7 Å². The van der Waals surface area contributed by atoms with Crippen LogP contribution in [0, 0.1) is 22.7 Å². The average Bonchev–Trinajstić information content (AvgIpc) is 4.12. The molecule has 0 N–H and O–H groups in total. The lowest BCUT2D eigenvalue weighted by Crippen LogP contribution is -2.12. The lowest BCUT2D eigenvalue weighted by atomic mass is 9.84. The van der Waals surface area contributed by atoms with E-state index < -0.39 is 23.5 Å². The van der Waals surface area contributed by atoms with Crippen LogP contribution >= 0.6 is 22.7 Å². The first-order chi connectivity index (χ1) is 33.9. The fourth-order valence-electron chi connectivity index (χ4n) is 10.5. The minimum atomic E-state index is -4.77. The first kappa shape index (κ1) is 41.7. The van der Waals surface area contributed by atoms with Crippen LogP contribution in [0.25, 0.3) is 118 Å². The Morgan fingerprint density at radius 1 is 0.357 bits per heavy atom. The van der Waals surface area contributed by atoms with Crippen molar-refractivity contribution in [1.82, 2.24) is 9.13 Å². The largest absolute Gasteiger partial charge is 0.416 e. The van der Waals surface area contributed by atoms with Gasteiger partial charge in [-0.2, -0.15) is 36.9 Å². The molecule has 0 radical (unpaired) electrons. The van der Waals surface area contributed by atoms with Crippen LogP contribution in [-0.2, 0) is 12.4 Å². The predicted octanol–water partition coefficient (Wildman–Crippen LogP) is 17.7. The van der Waals surface area contributed by atoms with E-state index in [4.69, 9.17) is 0 Å². The molecule has 0 fully saturated rings. The molecule has 70 heavy (non-hydrogen) atoms. The van der Waals surface area contributed by atoms with Crippen LogP contribution in [0.4, 0.5) is 26.3 Å². The Hall–Kier alpha value is -8.42. The molecule has 0 aliphatic heterocycles. The number of hydrogen-bond donors (Lipinski definition) is 0. The van der Waals surface area contributed by atoms with Gasteiger partial charge in [0.2, 0.25) is 0 Å². The number of alkyl halides is 6. The standard InChI is InChI=1S/C58H28F6N4S2/c59-57(60,61)33-19-21-37-35-9-1-5-13-45(35)67(47(37)27-33)55-43(29-65)53(31-17-23-51-41(25-31)39-11-3-7-15-49(39)69-51)54(32-18-24-52-42(26-32)40-12-4-8-16-50(40)70-52)44(30-66)56(55)68-46-14-6-2-10-36(46)38-22-20-34(28-48(38)68)58(62,63)64/h1-28H. The molecular weight excluding hydrogens is 931 g/mol. The van der Waals surface area contributed by atoms with Crippen molar-refractivity contribution in [1.29, 1.82) is 10.5 Å². The summed E-state index contributed by atoms with van der Waals surface area (Å²) in [6.45, 7) is 0. The van der Waals surface area contributed by atoms with E-state index in [1.807, 2.05) is 84.9 Å². The molecule has 13 rings (SSSR count). The molecule has 0 saturated carbocycles. The second-order valence-electron chi connectivity index (χ2n) is 17.2. The third kappa shape index (κ3) is 6.07. The maximum Gasteiger partial charge on any atom is 0.416 e. The van der Waals surface area contributed by atoms with Gasteiger partial charge in [0.1, 0.15) is 12.1 Å². The zero-order valence-corrected chi connectivity index (χ0v) is 37.7. The molecule has 0 aliphatic rings. The number of nitriles is 2. The highest BCUT2D eigenvalue weighted by Crippen LogP contribution is 2.51. The molecule has 0 saturated heterocycles. The molecule has 4 heterocycles. The summed E-state index contributed by atoms with van der Waals surface area (Å²) in [6, 6.07) is 53.6. The third-order valence-electron chi connectivity index (χ3n) is 13.5. The van der Waals surface area contributed by atoms with Crippen LogP contribution in [0.5, 0.6) is 0 Å². The molecule has 4 aromatic heterocycles. The van der Waals surface area contributed by atoms with Crippen molar-refractivity contribution >= 4 is 107 Å². The lowest BCUT2D eigenvalue weighted by molar-refractivity contribution is -0.138. The summed E-state index contributed by atoms with van der Waals surface area (Å²) in [5.41, 5.74) is 0.941. The number of hydrogen-bond acceptors (Lipinski definition) is 4. The summed E-state index contributed by atoms with van der Waals surface area (Å²) in [5, 5.41) is 29.9. The van der Waals surface area contributed by atoms with Crippen LogP contribution in [0.3, 0.4) is 0 Å². The highest BCUT2D eigenvalue weighted by molar-refractivity contribution is 7.26. The quantitative estimate of drug-likeness (QED) is 0.165. The van der Waals surface area contributed by atoms with E-state index in [-0.39, 0.29) is 33.5 Å². The van der Waals surface area contributed by atoms with E-state index in [0.717, 1.165) is 64.6 Å². The van der Waals surface area contributed by atoms with Gasteiger partial charge in [-0.1, -0.05) is 97.1 Å². The van der Waals surface area contributed by atoms with Crippen LogP contribution in [-0.4, -0.2) is 9.13 Å². The zero-order chi connectivity index (χ0) is 47.8. The number of benzene rings is 9. The SMILES string of the molecule is N#Cc1c(-c2ccc3sc4ccccc4c3c2)c(-c2ccc3sc4ccccc4c3c2)c(C#N)c(-n2c3ccccc3c3ccc(C(F)(F)F)cc32)c1-n1c2ccccc2c2ccc(C(F)(F)F)cc21. The number of aromatic nitrogens is 2. The van der Waals surface area contributed by atoms with Crippen molar-refractivity contribution in [2.45, 2.75) is 12.4 Å². The molecule has 0 unspecified atom stereocenters. The van der Waals surface area contributed by atoms with Gasteiger partial charge in [-0.25, -0.2) is 0 Å². The summed E-state index contributed by atoms with van der Waals surface area (Å²) < 4.78 is 96.5. The fourth-order valence-corrected chi connectivity index (χ4v) is 12.7. The maximum absolute atomic E-state index is 14.9. The Morgan fingerprint density at radius 2 is 0.714 bits per heavy atom. The highest BCUT2D eigenvalue weighted by atomic mass is 32.1. The first-order valence-corrected chi connectivity index (χ1v) is 23.6. The topological polar surface area (TPSA) is 57.4 Å². The Morgan fingerprint density at radius 3 is 1.11 bits per heavy atom. The average molecular weight is 959 g/mol. The predicted molar refractivity (Wildman–Crippen MR) is 271 cm³/mol. The number of rotatable bonds is 4. The van der Waals surface area contributed by atoms with Gasteiger partial charge in [-0.05, 0) is 83.9 Å². The van der Waals surface area contributed by atoms with Crippen LogP contribution < -0.4 is 0 Å². The Bertz CT molecular complexity index is 4210. The molecule has 9 aromatic carbocycles. The normalized spacial score (nSPS) is 12.4. The second kappa shape index (κ2) is 15.0. The van der Waals surface area contributed by atoms with Gasteiger partial charge in [0.05, 0.1) is 55.7 Å². The Balaban J connectivity index is 1.31. The second-order valence-corrected chi connectivity index (χ2v) is 19.4. The van der Waals surface area contributed by atoms with E-state index >= 15 is 0 Å². The highest BCUT2D eigenvalue weighted by Gasteiger charge is 2.36. The number of nitrogens with zero attached hydrogens (tertiary/aromatic N) is 4. The van der Waals surface area contributed by atoms with Crippen molar-refractivity contribution in [3.63, 3.8) is 0 Å². The molecule has 0 atom stereocenters. The molecule has 4 nitrogen and oxygen atoms in total. The van der Waals surface area contributed by atoms with Gasteiger partial charge >= 0.3 is 12.4 Å². The maximum atomic E-state index is 14.9. The van der Waals surface area contributed by atoms with E-state index in [2.05, 4.69) is 12.1 Å². The van der Waals surface area contributed by atoms with E-state index in [0.29, 0.717) is 54.8 Å². The number of fused-ring (bicyclic) bond motifs is 12. The lowest BCUT2D eigenvalue weighted by Gasteiger charge is -2.25. The monoisotopic (exact) mass is 958 g/mol. The van der Waals surface area contributed by atoms with Crippen molar-refractivity contribution in [3.8, 4) is 45.8 Å². The summed E-state index contributed by atoms with van der Waals surface area (Å²) in [5.74, 6) is 0. The Labute approximate surface area is 400 Å². The molecular formula is C58H28F6N4S2. The van der Waals surface area contributed by atoms with Crippen LogP contribution in [0.15, 0.2) is 170 Å². The third-order valence-corrected chi connectivity index (χ3v) is 15.8. The molecule has 0 amide bonds. The molecule has 0 aliphatic carbocycles. The summed E-state index contributed by atoms with van der Waals surface area (Å²) >= 11 is 3.21. The first-order valence-electron chi connectivity index (χ1n) is 22.0.